The van der Waals surface area contributed by atoms with Crippen molar-refractivity contribution in [2.24, 2.45) is 5.92 Å². The Hall–Kier alpha value is -2.24. The second-order valence-corrected chi connectivity index (χ2v) is 12.1. The molecule has 4 aromatic rings. The van der Waals surface area contributed by atoms with Gasteiger partial charge in [0, 0.05) is 36.3 Å². The van der Waals surface area contributed by atoms with Gasteiger partial charge in [-0.2, -0.15) is 13.9 Å². The molecule has 7 nitrogen and oxygen atoms in total. The van der Waals surface area contributed by atoms with Gasteiger partial charge in [0.05, 0.1) is 26.3 Å². The minimum Gasteiger partial charge on any atom is -0.370 e. The first-order valence-electron chi connectivity index (χ1n) is 11.2. The van der Waals surface area contributed by atoms with Crippen molar-refractivity contribution >= 4 is 60.6 Å². The molecule has 2 aromatic carbocycles. The van der Waals surface area contributed by atoms with Gasteiger partial charge in [0.1, 0.15) is 11.6 Å². The van der Waals surface area contributed by atoms with Gasteiger partial charge >= 0.3 is 0 Å². The summed E-state index contributed by atoms with van der Waals surface area (Å²) in [6.07, 6.45) is 3.04. The van der Waals surface area contributed by atoms with E-state index in [1.165, 1.54) is 10.4 Å². The summed E-state index contributed by atoms with van der Waals surface area (Å²) in [5.41, 5.74) is 2.20. The molecular formula is C24H21BrCl2FN5O2S. The number of hydrogen-bond acceptors (Lipinski definition) is 5. The normalized spacial score (nSPS) is 15.4. The average molecular weight is 613 g/mol. The number of rotatable bonds is 6. The molecule has 0 saturated carbocycles. The van der Waals surface area contributed by atoms with Crippen LogP contribution in [0.15, 0.2) is 64.1 Å². The Morgan fingerprint density at radius 3 is 2.56 bits per heavy atom. The summed E-state index contributed by atoms with van der Waals surface area (Å²) in [5.74, 6) is 0.364. The molecule has 0 radical (unpaired) electrons. The summed E-state index contributed by atoms with van der Waals surface area (Å²) in [6, 6.07) is 12.9. The van der Waals surface area contributed by atoms with Crippen molar-refractivity contribution in [3.8, 4) is 11.3 Å². The molecule has 5 rings (SSSR count). The summed E-state index contributed by atoms with van der Waals surface area (Å²) in [6.45, 7) is 1.37. The average Bonchev–Trinajstić information content (AvgIpc) is 3.25. The molecule has 1 fully saturated rings. The number of benzene rings is 2. The van der Waals surface area contributed by atoms with E-state index in [0.29, 0.717) is 43.1 Å². The van der Waals surface area contributed by atoms with Crippen LogP contribution in [0.5, 0.6) is 0 Å². The van der Waals surface area contributed by atoms with Crippen LogP contribution < -0.4 is 5.32 Å². The van der Waals surface area contributed by atoms with Crippen molar-refractivity contribution in [3.63, 3.8) is 0 Å². The first-order chi connectivity index (χ1) is 17.2. The zero-order valence-corrected chi connectivity index (χ0v) is 22.7. The third-order valence-electron chi connectivity index (χ3n) is 6.25. The van der Waals surface area contributed by atoms with Crippen molar-refractivity contribution in [2.75, 3.05) is 25.0 Å². The minimum atomic E-state index is -3.74. The SMILES string of the molecule is O=S(=O)(c1ccc(F)c(Cl)c1)N1CCC(CNc2cc(-c3ccccc3Cl)nc3c(Br)cnn23)CC1. The predicted molar refractivity (Wildman–Crippen MR) is 143 cm³/mol. The molecule has 1 aliphatic rings. The lowest BCUT2D eigenvalue weighted by Crippen LogP contribution is -2.39. The van der Waals surface area contributed by atoms with Gasteiger partial charge in [-0.3, -0.25) is 0 Å². The third-order valence-corrected chi connectivity index (χ3v) is 9.33. The molecule has 2 aromatic heterocycles. The Kier molecular flexibility index (Phi) is 7.24. The van der Waals surface area contributed by atoms with Crippen LogP contribution in [0.2, 0.25) is 10.0 Å². The number of halogens is 4. The monoisotopic (exact) mass is 611 g/mol. The number of sulfonamides is 1. The summed E-state index contributed by atoms with van der Waals surface area (Å²) in [5, 5.41) is 8.28. The van der Waals surface area contributed by atoms with Crippen molar-refractivity contribution in [2.45, 2.75) is 17.7 Å². The van der Waals surface area contributed by atoms with Crippen LogP contribution in [0.25, 0.3) is 16.9 Å². The highest BCUT2D eigenvalue weighted by molar-refractivity contribution is 9.10. The molecule has 0 unspecified atom stereocenters. The number of nitrogens with one attached hydrogen (secondary N) is 1. The van der Waals surface area contributed by atoms with E-state index >= 15 is 0 Å². The number of piperidine rings is 1. The highest BCUT2D eigenvalue weighted by Gasteiger charge is 2.30. The van der Waals surface area contributed by atoms with Crippen LogP contribution in [0.4, 0.5) is 10.2 Å². The highest BCUT2D eigenvalue weighted by atomic mass is 79.9. The van der Waals surface area contributed by atoms with Crippen LogP contribution in [-0.2, 0) is 10.0 Å². The van der Waals surface area contributed by atoms with E-state index in [-0.39, 0.29) is 15.8 Å². The Bertz CT molecular complexity index is 1540. The Labute approximate surface area is 226 Å². The van der Waals surface area contributed by atoms with Gasteiger partial charge in [0.25, 0.3) is 0 Å². The second kappa shape index (κ2) is 10.3. The molecular weight excluding hydrogens is 592 g/mol. The number of hydrogen-bond donors (Lipinski definition) is 1. The van der Waals surface area contributed by atoms with E-state index in [0.717, 1.165) is 33.7 Å². The molecule has 3 heterocycles. The number of anilines is 1. The molecule has 1 aliphatic heterocycles. The van der Waals surface area contributed by atoms with Gasteiger partial charge in [0.2, 0.25) is 10.0 Å². The Balaban J connectivity index is 1.30. The van der Waals surface area contributed by atoms with E-state index in [9.17, 15) is 12.8 Å². The zero-order valence-electron chi connectivity index (χ0n) is 18.8. The zero-order chi connectivity index (χ0) is 25.4. The van der Waals surface area contributed by atoms with E-state index in [4.69, 9.17) is 28.2 Å². The van der Waals surface area contributed by atoms with Crippen LogP contribution in [0, 0.1) is 11.7 Å². The van der Waals surface area contributed by atoms with E-state index in [1.807, 2.05) is 30.3 Å². The lowest BCUT2D eigenvalue weighted by Gasteiger charge is -2.31. The lowest BCUT2D eigenvalue weighted by molar-refractivity contribution is 0.282. The molecule has 0 atom stereocenters. The standard InChI is InChI=1S/C24H21BrCl2FN5O2S/c25-18-14-30-33-23(12-22(31-24(18)33)17-3-1-2-4-19(17)26)29-13-15-7-9-32(10-8-15)36(34,35)16-5-6-21(28)20(27)11-16/h1-6,11-12,14-15,29H,7-10,13H2. The van der Waals surface area contributed by atoms with Crippen LogP contribution in [0.3, 0.4) is 0 Å². The largest absolute Gasteiger partial charge is 0.370 e. The quantitative estimate of drug-likeness (QED) is 0.284. The maximum atomic E-state index is 13.5. The fourth-order valence-corrected chi connectivity index (χ4v) is 6.58. The first-order valence-corrected chi connectivity index (χ1v) is 14.2. The Morgan fingerprint density at radius 1 is 1.08 bits per heavy atom. The molecule has 1 N–H and O–H groups in total. The fourth-order valence-electron chi connectivity index (χ4n) is 4.26. The van der Waals surface area contributed by atoms with Crippen molar-refractivity contribution in [3.05, 3.63) is 75.1 Å². The van der Waals surface area contributed by atoms with E-state index in [1.54, 1.807) is 10.7 Å². The van der Waals surface area contributed by atoms with Crippen LogP contribution in [0.1, 0.15) is 12.8 Å². The van der Waals surface area contributed by atoms with Gasteiger partial charge in [-0.1, -0.05) is 41.4 Å². The van der Waals surface area contributed by atoms with E-state index in [2.05, 4.69) is 26.3 Å². The molecule has 188 valence electrons. The summed E-state index contributed by atoms with van der Waals surface area (Å²) >= 11 is 15.7. The summed E-state index contributed by atoms with van der Waals surface area (Å²) in [4.78, 5) is 4.72. The molecule has 0 spiro atoms. The predicted octanol–water partition coefficient (Wildman–Crippen LogP) is 6.12. The van der Waals surface area contributed by atoms with Gasteiger partial charge < -0.3 is 5.32 Å². The van der Waals surface area contributed by atoms with Crippen molar-refractivity contribution in [1.29, 1.82) is 0 Å². The molecule has 0 aliphatic carbocycles. The fraction of sp³-hybridized carbons (Fsp3) is 0.250. The van der Waals surface area contributed by atoms with Crippen LogP contribution in [-0.4, -0.2) is 47.0 Å². The maximum Gasteiger partial charge on any atom is 0.243 e. The van der Waals surface area contributed by atoms with Crippen molar-refractivity contribution in [1.82, 2.24) is 18.9 Å². The minimum absolute atomic E-state index is 0.000939. The van der Waals surface area contributed by atoms with Gasteiger partial charge in [0.15, 0.2) is 5.65 Å². The number of nitrogens with zero attached hydrogens (tertiary/aromatic N) is 4. The summed E-state index contributed by atoms with van der Waals surface area (Å²) < 4.78 is 43.4. The molecule has 12 heteroatoms. The molecule has 0 bridgehead atoms. The van der Waals surface area contributed by atoms with Gasteiger partial charge in [-0.05, 0) is 59.0 Å². The van der Waals surface area contributed by atoms with Gasteiger partial charge in [-0.25, -0.2) is 17.8 Å². The highest BCUT2D eigenvalue weighted by Crippen LogP contribution is 2.31. The Morgan fingerprint density at radius 2 is 1.83 bits per heavy atom. The van der Waals surface area contributed by atoms with Gasteiger partial charge in [-0.15, -0.1) is 0 Å². The summed E-state index contributed by atoms with van der Waals surface area (Å²) in [7, 11) is -3.74. The molecule has 1 saturated heterocycles. The molecule has 36 heavy (non-hydrogen) atoms. The van der Waals surface area contributed by atoms with Crippen molar-refractivity contribution < 1.29 is 12.8 Å². The lowest BCUT2D eigenvalue weighted by atomic mass is 9.98. The number of aromatic nitrogens is 3. The smallest absolute Gasteiger partial charge is 0.243 e. The molecule has 0 amide bonds. The third kappa shape index (κ3) is 4.97. The maximum absolute atomic E-state index is 13.5. The van der Waals surface area contributed by atoms with E-state index < -0.39 is 15.8 Å². The topological polar surface area (TPSA) is 79.6 Å². The number of fused-ring (bicyclic) bond motifs is 1. The second-order valence-electron chi connectivity index (χ2n) is 8.54. The van der Waals surface area contributed by atoms with Crippen LogP contribution >= 0.6 is 39.1 Å². The first kappa shape index (κ1) is 25.4.